The van der Waals surface area contributed by atoms with Crippen LogP contribution in [0, 0.1) is 13.8 Å². The minimum absolute atomic E-state index is 0.0143. The lowest BCUT2D eigenvalue weighted by atomic mass is 10.1. The molecule has 1 amide bonds. The average Bonchev–Trinajstić information content (AvgIpc) is 2.47. The van der Waals surface area contributed by atoms with E-state index in [1.165, 1.54) is 12.3 Å². The SMILES string of the molecule is Cc1ccc(C)c(C(=O)NCc2ccc(C(=O)O)nc2)c1. The summed E-state index contributed by atoms with van der Waals surface area (Å²) in [6, 6.07) is 8.77. The summed E-state index contributed by atoms with van der Waals surface area (Å²) >= 11 is 0. The summed E-state index contributed by atoms with van der Waals surface area (Å²) in [5.74, 6) is -1.22. The van der Waals surface area contributed by atoms with E-state index in [0.717, 1.165) is 16.7 Å². The first-order valence-electron chi connectivity index (χ1n) is 6.51. The van der Waals surface area contributed by atoms with Crippen LogP contribution in [0.5, 0.6) is 0 Å². The maximum Gasteiger partial charge on any atom is 0.354 e. The number of pyridine rings is 1. The van der Waals surface area contributed by atoms with E-state index < -0.39 is 5.97 Å². The van der Waals surface area contributed by atoms with E-state index in [-0.39, 0.29) is 11.6 Å². The Morgan fingerprint density at radius 2 is 1.95 bits per heavy atom. The molecule has 21 heavy (non-hydrogen) atoms. The van der Waals surface area contributed by atoms with Crippen LogP contribution in [-0.2, 0) is 6.54 Å². The standard InChI is InChI=1S/C16H16N2O3/c1-10-3-4-11(2)13(7-10)15(19)18-9-12-5-6-14(16(20)21)17-8-12/h3-8H,9H2,1-2H3,(H,18,19)(H,20,21). The Morgan fingerprint density at radius 1 is 1.19 bits per heavy atom. The smallest absolute Gasteiger partial charge is 0.354 e. The molecule has 0 saturated heterocycles. The summed E-state index contributed by atoms with van der Waals surface area (Å²) in [4.78, 5) is 26.7. The highest BCUT2D eigenvalue weighted by molar-refractivity contribution is 5.95. The molecule has 1 aromatic carbocycles. The zero-order chi connectivity index (χ0) is 15.4. The van der Waals surface area contributed by atoms with Crippen LogP contribution in [-0.4, -0.2) is 22.0 Å². The fourth-order valence-electron chi connectivity index (χ4n) is 1.91. The Hall–Kier alpha value is -2.69. The van der Waals surface area contributed by atoms with Crippen LogP contribution < -0.4 is 5.32 Å². The number of nitrogens with zero attached hydrogens (tertiary/aromatic N) is 1. The predicted octanol–water partition coefficient (Wildman–Crippen LogP) is 2.33. The lowest BCUT2D eigenvalue weighted by molar-refractivity contribution is 0.0690. The Morgan fingerprint density at radius 3 is 2.57 bits per heavy atom. The van der Waals surface area contributed by atoms with Crippen molar-refractivity contribution < 1.29 is 14.7 Å². The monoisotopic (exact) mass is 284 g/mol. The van der Waals surface area contributed by atoms with Gasteiger partial charge in [-0.25, -0.2) is 9.78 Å². The van der Waals surface area contributed by atoms with Crippen molar-refractivity contribution in [1.29, 1.82) is 0 Å². The molecule has 5 heteroatoms. The third-order valence-electron chi connectivity index (χ3n) is 3.13. The zero-order valence-electron chi connectivity index (χ0n) is 11.9. The van der Waals surface area contributed by atoms with Crippen molar-refractivity contribution >= 4 is 11.9 Å². The molecule has 0 bridgehead atoms. The van der Waals surface area contributed by atoms with Gasteiger partial charge in [0.1, 0.15) is 5.69 Å². The molecule has 5 nitrogen and oxygen atoms in total. The largest absolute Gasteiger partial charge is 0.477 e. The molecule has 0 aliphatic rings. The topological polar surface area (TPSA) is 79.3 Å². The number of rotatable bonds is 4. The van der Waals surface area contributed by atoms with E-state index in [1.807, 2.05) is 32.0 Å². The van der Waals surface area contributed by atoms with E-state index in [9.17, 15) is 9.59 Å². The van der Waals surface area contributed by atoms with Crippen LogP contribution in [0.1, 0.15) is 37.5 Å². The summed E-state index contributed by atoms with van der Waals surface area (Å²) in [6.45, 7) is 4.13. The molecule has 0 radical (unpaired) electrons. The lowest BCUT2D eigenvalue weighted by Gasteiger charge is -2.08. The van der Waals surface area contributed by atoms with Gasteiger partial charge in [0.05, 0.1) is 0 Å². The molecule has 0 aliphatic heterocycles. The fourth-order valence-corrected chi connectivity index (χ4v) is 1.91. The molecular formula is C16H16N2O3. The van der Waals surface area contributed by atoms with E-state index >= 15 is 0 Å². The van der Waals surface area contributed by atoms with Gasteiger partial charge in [-0.2, -0.15) is 0 Å². The summed E-state index contributed by atoms with van der Waals surface area (Å²) in [5, 5.41) is 11.6. The fraction of sp³-hybridized carbons (Fsp3) is 0.188. The highest BCUT2D eigenvalue weighted by atomic mass is 16.4. The van der Waals surface area contributed by atoms with E-state index in [2.05, 4.69) is 10.3 Å². The van der Waals surface area contributed by atoms with Crippen LogP contribution in [0.3, 0.4) is 0 Å². The first kappa shape index (κ1) is 14.7. The van der Waals surface area contributed by atoms with Crippen LogP contribution in [0.25, 0.3) is 0 Å². The second-order valence-electron chi connectivity index (χ2n) is 4.86. The third-order valence-corrected chi connectivity index (χ3v) is 3.13. The van der Waals surface area contributed by atoms with Gasteiger partial charge in [-0.05, 0) is 37.1 Å². The maximum absolute atomic E-state index is 12.1. The number of aryl methyl sites for hydroxylation is 2. The number of carboxylic acids is 1. The highest BCUT2D eigenvalue weighted by Crippen LogP contribution is 2.11. The molecule has 2 N–H and O–H groups in total. The molecule has 2 rings (SSSR count). The number of aromatic carboxylic acids is 1. The molecular weight excluding hydrogens is 268 g/mol. The van der Waals surface area contributed by atoms with Crippen LogP contribution in [0.4, 0.5) is 0 Å². The van der Waals surface area contributed by atoms with Crippen molar-refractivity contribution in [2.24, 2.45) is 0 Å². The van der Waals surface area contributed by atoms with Gasteiger partial charge in [0, 0.05) is 18.3 Å². The van der Waals surface area contributed by atoms with Crippen molar-refractivity contribution in [2.45, 2.75) is 20.4 Å². The van der Waals surface area contributed by atoms with Crippen LogP contribution in [0.2, 0.25) is 0 Å². The number of carboxylic acid groups (broad SMARTS) is 1. The second kappa shape index (κ2) is 6.17. The van der Waals surface area contributed by atoms with Crippen molar-refractivity contribution in [2.75, 3.05) is 0 Å². The van der Waals surface area contributed by atoms with Crippen LogP contribution in [0.15, 0.2) is 36.5 Å². The molecule has 1 aromatic heterocycles. The van der Waals surface area contributed by atoms with E-state index in [4.69, 9.17) is 5.11 Å². The van der Waals surface area contributed by atoms with Crippen LogP contribution >= 0.6 is 0 Å². The number of amides is 1. The number of aromatic nitrogens is 1. The quantitative estimate of drug-likeness (QED) is 0.903. The molecule has 108 valence electrons. The van der Waals surface area contributed by atoms with E-state index in [0.29, 0.717) is 12.1 Å². The average molecular weight is 284 g/mol. The zero-order valence-corrected chi connectivity index (χ0v) is 11.9. The summed E-state index contributed by atoms with van der Waals surface area (Å²) in [7, 11) is 0. The minimum Gasteiger partial charge on any atom is -0.477 e. The molecule has 0 atom stereocenters. The Labute approximate surface area is 122 Å². The maximum atomic E-state index is 12.1. The molecule has 0 fully saturated rings. The number of hydrogen-bond donors (Lipinski definition) is 2. The van der Waals surface area contributed by atoms with Gasteiger partial charge in [0.2, 0.25) is 0 Å². The van der Waals surface area contributed by atoms with Crippen molar-refractivity contribution in [3.05, 3.63) is 64.5 Å². The number of benzene rings is 1. The van der Waals surface area contributed by atoms with Gasteiger partial charge in [0.15, 0.2) is 0 Å². The summed E-state index contributed by atoms with van der Waals surface area (Å²) in [6.07, 6.45) is 1.45. The minimum atomic E-state index is -1.07. The molecule has 0 saturated carbocycles. The normalized spacial score (nSPS) is 10.2. The number of carbonyl (C=O) groups is 2. The Kier molecular flexibility index (Phi) is 4.33. The van der Waals surface area contributed by atoms with Gasteiger partial charge in [-0.3, -0.25) is 4.79 Å². The Bertz CT molecular complexity index is 678. The van der Waals surface area contributed by atoms with Gasteiger partial charge >= 0.3 is 5.97 Å². The number of nitrogens with one attached hydrogen (secondary N) is 1. The first-order valence-corrected chi connectivity index (χ1v) is 6.51. The lowest BCUT2D eigenvalue weighted by Crippen LogP contribution is -2.23. The summed E-state index contributed by atoms with van der Waals surface area (Å²) in [5.41, 5.74) is 3.32. The summed E-state index contributed by atoms with van der Waals surface area (Å²) < 4.78 is 0. The molecule has 2 aromatic rings. The van der Waals surface area contributed by atoms with Gasteiger partial charge in [-0.1, -0.05) is 23.8 Å². The molecule has 0 aliphatic carbocycles. The molecule has 0 spiro atoms. The number of carbonyl (C=O) groups excluding carboxylic acids is 1. The third kappa shape index (κ3) is 3.66. The molecule has 1 heterocycles. The molecule has 0 unspecified atom stereocenters. The first-order chi connectivity index (χ1) is 9.97. The van der Waals surface area contributed by atoms with E-state index in [1.54, 1.807) is 6.07 Å². The predicted molar refractivity (Wildman–Crippen MR) is 78.3 cm³/mol. The number of hydrogen-bond acceptors (Lipinski definition) is 3. The van der Waals surface area contributed by atoms with Crippen molar-refractivity contribution in [3.8, 4) is 0 Å². The van der Waals surface area contributed by atoms with Crippen molar-refractivity contribution in [1.82, 2.24) is 10.3 Å². The van der Waals surface area contributed by atoms with Gasteiger partial charge in [-0.15, -0.1) is 0 Å². The second-order valence-corrected chi connectivity index (χ2v) is 4.86. The van der Waals surface area contributed by atoms with Crippen molar-refractivity contribution in [3.63, 3.8) is 0 Å². The van der Waals surface area contributed by atoms with Gasteiger partial charge in [0.25, 0.3) is 5.91 Å². The highest BCUT2D eigenvalue weighted by Gasteiger charge is 2.09. The Balaban J connectivity index is 2.04. The van der Waals surface area contributed by atoms with Gasteiger partial charge < -0.3 is 10.4 Å².